The van der Waals surface area contributed by atoms with Crippen LogP contribution in [0.25, 0.3) is 0 Å². The van der Waals surface area contributed by atoms with Gasteiger partial charge in [0, 0.05) is 11.5 Å². The minimum atomic E-state index is -0.447. The molecule has 4 nitrogen and oxygen atoms in total. The molecule has 0 amide bonds. The Morgan fingerprint density at radius 1 is 1.21 bits per heavy atom. The predicted octanol–water partition coefficient (Wildman–Crippen LogP) is 2.45. The number of benzene rings is 1. The monoisotopic (exact) mass is 282 g/mol. The van der Waals surface area contributed by atoms with Gasteiger partial charge in [-0.1, -0.05) is 12.1 Å². The summed E-state index contributed by atoms with van der Waals surface area (Å²) in [5, 5.41) is 0. The average molecular weight is 282 g/mol. The van der Waals surface area contributed by atoms with Gasteiger partial charge < -0.3 is 9.47 Å². The average Bonchev–Trinajstić information content (AvgIpc) is 2.38. The van der Waals surface area contributed by atoms with Crippen molar-refractivity contribution in [1.29, 1.82) is 0 Å². The molecule has 0 spiro atoms. The Kier molecular flexibility index (Phi) is 7.03. The van der Waals surface area contributed by atoms with Gasteiger partial charge in [-0.15, -0.1) is 0 Å². The van der Waals surface area contributed by atoms with Crippen LogP contribution in [0.3, 0.4) is 0 Å². The van der Waals surface area contributed by atoms with Crippen LogP contribution >= 0.6 is 11.8 Å². The van der Waals surface area contributed by atoms with Crippen molar-refractivity contribution in [2.45, 2.75) is 19.1 Å². The first-order valence-corrected chi connectivity index (χ1v) is 7.13. The van der Waals surface area contributed by atoms with Gasteiger partial charge in [-0.2, -0.15) is 11.8 Å². The van der Waals surface area contributed by atoms with Crippen molar-refractivity contribution >= 4 is 23.5 Å². The van der Waals surface area contributed by atoms with Crippen molar-refractivity contribution in [3.8, 4) is 5.75 Å². The molecule has 104 valence electrons. The summed E-state index contributed by atoms with van der Waals surface area (Å²) in [6.07, 6.45) is -0.136. The third kappa shape index (κ3) is 6.86. The highest BCUT2D eigenvalue weighted by Gasteiger charge is 2.05. The number of ether oxygens (including phenoxy) is 2. The SMILES string of the molecule is COc1ccc(CSCCOC(=O)CC(C)=O)cc1. The number of methoxy groups -OCH3 is 1. The van der Waals surface area contributed by atoms with Crippen LogP contribution in [0.15, 0.2) is 24.3 Å². The molecule has 0 bridgehead atoms. The number of thioether (sulfide) groups is 1. The molecule has 0 aliphatic heterocycles. The smallest absolute Gasteiger partial charge is 0.313 e. The summed E-state index contributed by atoms with van der Waals surface area (Å²) >= 11 is 1.68. The van der Waals surface area contributed by atoms with Gasteiger partial charge in [-0.25, -0.2) is 0 Å². The molecule has 0 heterocycles. The number of esters is 1. The van der Waals surface area contributed by atoms with Crippen molar-refractivity contribution in [3.63, 3.8) is 0 Å². The molecule has 0 aliphatic carbocycles. The van der Waals surface area contributed by atoms with Crippen LogP contribution in [-0.4, -0.2) is 31.2 Å². The largest absolute Gasteiger partial charge is 0.497 e. The van der Waals surface area contributed by atoms with E-state index in [9.17, 15) is 9.59 Å². The lowest BCUT2D eigenvalue weighted by Gasteiger charge is -2.05. The van der Waals surface area contributed by atoms with Crippen LogP contribution in [0.2, 0.25) is 0 Å². The molecule has 19 heavy (non-hydrogen) atoms. The highest BCUT2D eigenvalue weighted by molar-refractivity contribution is 7.98. The minimum Gasteiger partial charge on any atom is -0.497 e. The molecule has 1 aromatic carbocycles. The van der Waals surface area contributed by atoms with Crippen LogP contribution in [0, 0.1) is 0 Å². The van der Waals surface area contributed by atoms with E-state index >= 15 is 0 Å². The fraction of sp³-hybridized carbons (Fsp3) is 0.429. The van der Waals surface area contributed by atoms with E-state index in [0.717, 1.165) is 17.3 Å². The number of ketones is 1. The third-order valence-corrected chi connectivity index (χ3v) is 3.30. The molecule has 1 aromatic rings. The molecule has 0 radical (unpaired) electrons. The molecule has 0 N–H and O–H groups in total. The van der Waals surface area contributed by atoms with E-state index in [4.69, 9.17) is 9.47 Å². The second-order valence-corrected chi connectivity index (χ2v) is 5.11. The zero-order valence-electron chi connectivity index (χ0n) is 11.2. The fourth-order valence-electron chi connectivity index (χ4n) is 1.38. The number of carbonyl (C=O) groups excluding carboxylic acids is 2. The third-order valence-electron chi connectivity index (χ3n) is 2.31. The second kappa shape index (κ2) is 8.58. The van der Waals surface area contributed by atoms with E-state index in [0.29, 0.717) is 6.61 Å². The first-order valence-electron chi connectivity index (χ1n) is 5.97. The Balaban J connectivity index is 2.13. The highest BCUT2D eigenvalue weighted by Crippen LogP contribution is 2.16. The maximum Gasteiger partial charge on any atom is 0.313 e. The van der Waals surface area contributed by atoms with Crippen LogP contribution in [0.1, 0.15) is 18.9 Å². The molecular weight excluding hydrogens is 264 g/mol. The maximum absolute atomic E-state index is 11.1. The zero-order valence-corrected chi connectivity index (χ0v) is 12.0. The Morgan fingerprint density at radius 3 is 2.47 bits per heavy atom. The normalized spacial score (nSPS) is 10.0. The van der Waals surface area contributed by atoms with Crippen LogP contribution in [0.5, 0.6) is 5.75 Å². The zero-order chi connectivity index (χ0) is 14.1. The molecule has 0 fully saturated rings. The second-order valence-electron chi connectivity index (χ2n) is 4.00. The highest BCUT2D eigenvalue weighted by atomic mass is 32.2. The van der Waals surface area contributed by atoms with Crippen molar-refractivity contribution in [1.82, 2.24) is 0 Å². The van der Waals surface area contributed by atoms with Crippen molar-refractivity contribution in [2.75, 3.05) is 19.5 Å². The van der Waals surface area contributed by atoms with Gasteiger partial charge in [0.05, 0.1) is 7.11 Å². The quantitative estimate of drug-likeness (QED) is 0.416. The van der Waals surface area contributed by atoms with Gasteiger partial charge >= 0.3 is 5.97 Å². The van der Waals surface area contributed by atoms with Gasteiger partial charge in [-0.05, 0) is 24.6 Å². The predicted molar refractivity (Wildman–Crippen MR) is 75.4 cm³/mol. The molecule has 0 atom stereocenters. The molecule has 0 saturated carbocycles. The summed E-state index contributed by atoms with van der Waals surface area (Å²) in [5.74, 6) is 1.80. The standard InChI is InChI=1S/C14H18O4S/c1-11(15)9-14(16)18-7-8-19-10-12-3-5-13(17-2)6-4-12/h3-6H,7-10H2,1-2H3. The molecule has 1 rings (SSSR count). The molecular formula is C14H18O4S. The summed E-state index contributed by atoms with van der Waals surface area (Å²) in [6, 6.07) is 7.85. The molecule has 0 unspecified atom stereocenters. The van der Waals surface area contributed by atoms with Crippen LogP contribution in [-0.2, 0) is 20.1 Å². The lowest BCUT2D eigenvalue weighted by Crippen LogP contribution is -2.10. The van der Waals surface area contributed by atoms with E-state index in [1.165, 1.54) is 12.5 Å². The van der Waals surface area contributed by atoms with Gasteiger partial charge in [0.1, 0.15) is 24.6 Å². The number of hydrogen-bond acceptors (Lipinski definition) is 5. The summed E-state index contributed by atoms with van der Waals surface area (Å²) in [5.41, 5.74) is 1.20. The van der Waals surface area contributed by atoms with Crippen molar-refractivity contribution in [3.05, 3.63) is 29.8 Å². The maximum atomic E-state index is 11.1. The van der Waals surface area contributed by atoms with E-state index in [1.807, 2.05) is 24.3 Å². The van der Waals surface area contributed by atoms with Gasteiger partial charge in [0.2, 0.25) is 0 Å². The summed E-state index contributed by atoms with van der Waals surface area (Å²) in [6.45, 7) is 1.71. The first-order chi connectivity index (χ1) is 9.11. The van der Waals surface area contributed by atoms with E-state index < -0.39 is 5.97 Å². The Bertz CT molecular complexity index is 414. The lowest BCUT2D eigenvalue weighted by atomic mass is 10.2. The Hall–Kier alpha value is -1.49. The van der Waals surface area contributed by atoms with Gasteiger partial charge in [0.15, 0.2) is 0 Å². The van der Waals surface area contributed by atoms with Gasteiger partial charge in [-0.3, -0.25) is 9.59 Å². The first kappa shape index (κ1) is 15.6. The van der Waals surface area contributed by atoms with E-state index in [-0.39, 0.29) is 12.2 Å². The summed E-state index contributed by atoms with van der Waals surface area (Å²) < 4.78 is 10.0. The molecule has 0 aromatic heterocycles. The number of carbonyl (C=O) groups is 2. The Labute approximate surface area is 117 Å². The molecule has 0 aliphatic rings. The number of rotatable bonds is 8. The summed E-state index contributed by atoms with van der Waals surface area (Å²) in [4.78, 5) is 21.8. The molecule has 5 heteroatoms. The van der Waals surface area contributed by atoms with Crippen LogP contribution in [0.4, 0.5) is 0 Å². The minimum absolute atomic E-state index is 0.136. The van der Waals surface area contributed by atoms with E-state index in [2.05, 4.69) is 0 Å². The van der Waals surface area contributed by atoms with E-state index in [1.54, 1.807) is 18.9 Å². The Morgan fingerprint density at radius 2 is 1.89 bits per heavy atom. The van der Waals surface area contributed by atoms with Gasteiger partial charge in [0.25, 0.3) is 0 Å². The number of hydrogen-bond donors (Lipinski definition) is 0. The topological polar surface area (TPSA) is 52.6 Å². The lowest BCUT2D eigenvalue weighted by molar-refractivity contribution is -0.145. The molecule has 0 saturated heterocycles. The van der Waals surface area contributed by atoms with Crippen molar-refractivity contribution < 1.29 is 19.1 Å². The number of Topliss-reactive ketones (excluding diaryl/α,β-unsaturated/α-hetero) is 1. The summed E-state index contributed by atoms with van der Waals surface area (Å²) in [7, 11) is 1.64. The fourth-order valence-corrected chi connectivity index (χ4v) is 2.15. The van der Waals surface area contributed by atoms with Crippen molar-refractivity contribution in [2.24, 2.45) is 0 Å². The van der Waals surface area contributed by atoms with Crippen LogP contribution < -0.4 is 4.74 Å².